The van der Waals surface area contributed by atoms with E-state index < -0.39 is 6.67 Å². The Morgan fingerprint density at radius 3 is 3.06 bits per heavy atom. The first-order valence-corrected chi connectivity index (χ1v) is 10.5. The first-order valence-electron chi connectivity index (χ1n) is 10.5. The van der Waals surface area contributed by atoms with Crippen molar-refractivity contribution in [2.24, 2.45) is 4.99 Å². The van der Waals surface area contributed by atoms with Crippen LogP contribution in [0.4, 0.5) is 4.39 Å². The van der Waals surface area contributed by atoms with Crippen LogP contribution < -0.4 is 9.47 Å². The van der Waals surface area contributed by atoms with Crippen LogP contribution in [0.25, 0.3) is 0 Å². The predicted molar refractivity (Wildman–Crippen MR) is 115 cm³/mol. The van der Waals surface area contributed by atoms with E-state index in [-0.39, 0.29) is 12.5 Å². The Hall–Kier alpha value is -2.94. The molecule has 2 aliphatic rings. The number of hydrogen-bond donors (Lipinski definition) is 2. The highest BCUT2D eigenvalue weighted by Crippen LogP contribution is 2.37. The third-order valence-corrected chi connectivity index (χ3v) is 5.75. The molecular formula is C22H28FN5O3. The first kappa shape index (κ1) is 21.3. The number of aliphatic imine (C=N–C) groups is 1. The van der Waals surface area contributed by atoms with Gasteiger partial charge in [-0.3, -0.25) is 5.41 Å². The molecule has 9 heteroatoms. The summed E-state index contributed by atoms with van der Waals surface area (Å²) in [4.78, 5) is 14.6. The third kappa shape index (κ3) is 4.27. The number of hydrogen-bond acceptors (Lipinski definition) is 5. The van der Waals surface area contributed by atoms with Crippen molar-refractivity contribution in [3.8, 4) is 11.5 Å². The summed E-state index contributed by atoms with van der Waals surface area (Å²) in [5.41, 5.74) is 3.85. The molecule has 2 N–H and O–H groups in total. The van der Waals surface area contributed by atoms with Crippen molar-refractivity contribution in [2.75, 3.05) is 40.1 Å². The topological polar surface area (TPSA) is 95.8 Å². The van der Waals surface area contributed by atoms with Crippen molar-refractivity contribution >= 4 is 12.2 Å². The van der Waals surface area contributed by atoms with E-state index in [1.807, 2.05) is 19.1 Å². The summed E-state index contributed by atoms with van der Waals surface area (Å²) in [7, 11) is 1.58. The van der Waals surface area contributed by atoms with Gasteiger partial charge in [0.15, 0.2) is 17.3 Å². The van der Waals surface area contributed by atoms with Crippen LogP contribution in [-0.4, -0.2) is 67.2 Å². The number of nitrogens with one attached hydrogen (secondary N) is 2. The van der Waals surface area contributed by atoms with Crippen LogP contribution in [0.3, 0.4) is 0 Å². The number of aromatic amines is 1. The lowest BCUT2D eigenvalue weighted by Crippen LogP contribution is -2.38. The van der Waals surface area contributed by atoms with E-state index >= 15 is 0 Å². The number of rotatable bonds is 7. The van der Waals surface area contributed by atoms with Gasteiger partial charge in [-0.1, -0.05) is 6.07 Å². The van der Waals surface area contributed by atoms with Gasteiger partial charge in [-0.2, -0.15) is 0 Å². The fraction of sp³-hybridized carbons (Fsp3) is 0.500. The van der Waals surface area contributed by atoms with Gasteiger partial charge in [0.1, 0.15) is 31.1 Å². The van der Waals surface area contributed by atoms with Crippen molar-refractivity contribution in [3.63, 3.8) is 0 Å². The number of aromatic nitrogens is 2. The molecule has 3 heterocycles. The van der Waals surface area contributed by atoms with Crippen molar-refractivity contribution < 1.29 is 18.6 Å². The molecule has 0 radical (unpaired) electrons. The second kappa shape index (κ2) is 9.47. The smallest absolute Gasteiger partial charge is 0.166 e. The quantitative estimate of drug-likeness (QED) is 0.521. The lowest BCUT2D eigenvalue weighted by atomic mass is 9.97. The summed E-state index contributed by atoms with van der Waals surface area (Å²) in [5.74, 6) is 2.83. The zero-order chi connectivity index (χ0) is 21.8. The Morgan fingerprint density at radius 2 is 2.35 bits per heavy atom. The van der Waals surface area contributed by atoms with Gasteiger partial charge < -0.3 is 24.1 Å². The fourth-order valence-electron chi connectivity index (χ4n) is 4.31. The SMILES string of the molecule is COc1ccc2c(c1OCCF)CN(C(=NC=N)c1nc(C)[nH]c1[C@@H]1CCOC1)CC2. The highest BCUT2D eigenvalue weighted by atomic mass is 19.1. The van der Waals surface area contributed by atoms with E-state index in [0.29, 0.717) is 30.5 Å². The molecule has 166 valence electrons. The van der Waals surface area contributed by atoms with Crippen molar-refractivity contribution in [3.05, 3.63) is 40.5 Å². The maximum Gasteiger partial charge on any atom is 0.166 e. The minimum atomic E-state index is -0.573. The second-order valence-corrected chi connectivity index (χ2v) is 7.67. The summed E-state index contributed by atoms with van der Waals surface area (Å²) in [6.07, 6.45) is 2.75. The summed E-state index contributed by atoms with van der Waals surface area (Å²) in [6, 6.07) is 3.89. The average Bonchev–Trinajstić information content (AvgIpc) is 3.45. The number of amidine groups is 1. The van der Waals surface area contributed by atoms with Gasteiger partial charge in [0.25, 0.3) is 0 Å². The molecule has 1 atom stereocenters. The monoisotopic (exact) mass is 429 g/mol. The molecular weight excluding hydrogens is 401 g/mol. The Labute approximate surface area is 180 Å². The Morgan fingerprint density at radius 1 is 1.48 bits per heavy atom. The van der Waals surface area contributed by atoms with E-state index in [1.165, 1.54) is 0 Å². The van der Waals surface area contributed by atoms with Gasteiger partial charge in [0.05, 0.1) is 19.4 Å². The molecule has 0 saturated carbocycles. The molecule has 1 aromatic heterocycles. The number of ether oxygens (including phenoxy) is 3. The average molecular weight is 429 g/mol. The largest absolute Gasteiger partial charge is 0.493 e. The van der Waals surface area contributed by atoms with Crippen molar-refractivity contribution in [2.45, 2.75) is 32.2 Å². The van der Waals surface area contributed by atoms with E-state index in [4.69, 9.17) is 24.6 Å². The zero-order valence-corrected chi connectivity index (χ0v) is 17.9. The van der Waals surface area contributed by atoms with Crippen LogP contribution in [0.1, 0.15) is 40.7 Å². The second-order valence-electron chi connectivity index (χ2n) is 7.67. The predicted octanol–water partition coefficient (Wildman–Crippen LogP) is 2.99. The maximum atomic E-state index is 12.8. The van der Waals surface area contributed by atoms with E-state index in [0.717, 1.165) is 60.7 Å². The van der Waals surface area contributed by atoms with Gasteiger partial charge in [-0.15, -0.1) is 0 Å². The van der Waals surface area contributed by atoms with Gasteiger partial charge in [-0.05, 0) is 31.4 Å². The maximum absolute atomic E-state index is 12.8. The third-order valence-electron chi connectivity index (χ3n) is 5.75. The standard InChI is InChI=1S/C22H28FN5O3/c1-14-26-19(16-6-9-30-12-16)20(27-14)22(25-13-24)28-8-5-15-3-4-18(29-2)21(17(15)11-28)31-10-7-23/h3-4,13,16,24H,5-12H2,1-2H3,(H,26,27)/t16-/m1/s1. The van der Waals surface area contributed by atoms with Crippen LogP contribution in [0.15, 0.2) is 17.1 Å². The summed E-state index contributed by atoms with van der Waals surface area (Å²) < 4.78 is 29.6. The number of imidazole rings is 1. The number of benzene rings is 1. The lowest BCUT2D eigenvalue weighted by molar-refractivity contribution is 0.193. The summed E-state index contributed by atoms with van der Waals surface area (Å²) in [5, 5.41) is 7.64. The molecule has 2 aliphatic heterocycles. The van der Waals surface area contributed by atoms with Gasteiger partial charge in [0.2, 0.25) is 0 Å². The Kier molecular flexibility index (Phi) is 6.50. The zero-order valence-electron chi connectivity index (χ0n) is 17.9. The number of alkyl halides is 1. The highest BCUT2D eigenvalue weighted by molar-refractivity contribution is 6.02. The molecule has 1 aromatic carbocycles. The number of fused-ring (bicyclic) bond motifs is 1. The number of H-pyrrole nitrogens is 1. The molecule has 0 unspecified atom stereocenters. The van der Waals surface area contributed by atoms with Crippen LogP contribution in [0.2, 0.25) is 0 Å². The van der Waals surface area contributed by atoms with Gasteiger partial charge >= 0.3 is 0 Å². The highest BCUT2D eigenvalue weighted by Gasteiger charge is 2.31. The van der Waals surface area contributed by atoms with Crippen LogP contribution in [-0.2, 0) is 17.7 Å². The summed E-state index contributed by atoms with van der Waals surface area (Å²) in [6.45, 7) is 3.92. The molecule has 0 aliphatic carbocycles. The molecule has 31 heavy (non-hydrogen) atoms. The molecule has 0 spiro atoms. The minimum absolute atomic E-state index is 0.0291. The molecule has 8 nitrogen and oxygen atoms in total. The first-order chi connectivity index (χ1) is 15.2. The summed E-state index contributed by atoms with van der Waals surface area (Å²) >= 11 is 0. The van der Waals surface area contributed by atoms with Crippen LogP contribution >= 0.6 is 0 Å². The number of methoxy groups -OCH3 is 1. The molecule has 1 fully saturated rings. The molecule has 1 saturated heterocycles. The molecule has 0 amide bonds. The number of nitrogens with zero attached hydrogens (tertiary/aromatic N) is 3. The van der Waals surface area contributed by atoms with E-state index in [9.17, 15) is 4.39 Å². The minimum Gasteiger partial charge on any atom is -0.493 e. The van der Waals surface area contributed by atoms with E-state index in [2.05, 4.69) is 14.9 Å². The molecule has 0 bridgehead atoms. The Bertz CT molecular complexity index is 968. The van der Waals surface area contributed by atoms with Crippen molar-refractivity contribution in [1.82, 2.24) is 14.9 Å². The molecule has 4 rings (SSSR count). The molecule has 2 aromatic rings. The van der Waals surface area contributed by atoms with Crippen LogP contribution in [0.5, 0.6) is 11.5 Å². The van der Waals surface area contributed by atoms with Crippen LogP contribution in [0, 0.1) is 12.3 Å². The Balaban J connectivity index is 1.70. The van der Waals surface area contributed by atoms with Gasteiger partial charge in [0, 0.05) is 31.2 Å². The lowest BCUT2D eigenvalue weighted by Gasteiger charge is -2.32. The fourth-order valence-corrected chi connectivity index (χ4v) is 4.31. The number of halogens is 1. The van der Waals surface area contributed by atoms with E-state index in [1.54, 1.807) is 7.11 Å². The normalized spacial score (nSPS) is 18.7. The van der Waals surface area contributed by atoms with Gasteiger partial charge in [-0.25, -0.2) is 14.4 Å². The number of aryl methyl sites for hydroxylation is 1. The van der Waals surface area contributed by atoms with Crippen molar-refractivity contribution in [1.29, 1.82) is 5.41 Å².